The Kier molecular flexibility index (Phi) is 1.17. The highest BCUT2D eigenvalue weighted by molar-refractivity contribution is 14.1. The van der Waals surface area contributed by atoms with Crippen molar-refractivity contribution in [2.45, 2.75) is 42.4 Å². The SMILES string of the molecule is CC12CC3CC(C1)CC2(I)C3. The average molecular weight is 262 g/mol. The van der Waals surface area contributed by atoms with Crippen LogP contribution < -0.4 is 0 Å². The predicted molar refractivity (Wildman–Crippen MR) is 54.9 cm³/mol. The van der Waals surface area contributed by atoms with E-state index in [-0.39, 0.29) is 0 Å². The van der Waals surface area contributed by atoms with Gasteiger partial charge in [0.25, 0.3) is 0 Å². The van der Waals surface area contributed by atoms with Crippen molar-refractivity contribution in [3.63, 3.8) is 0 Å². The molecule has 0 amide bonds. The fourth-order valence-corrected chi connectivity index (χ4v) is 5.85. The first-order valence-electron chi connectivity index (χ1n) is 4.80. The van der Waals surface area contributed by atoms with E-state index in [9.17, 15) is 0 Å². The zero-order valence-electron chi connectivity index (χ0n) is 7.07. The van der Waals surface area contributed by atoms with E-state index in [4.69, 9.17) is 0 Å². The van der Waals surface area contributed by atoms with E-state index < -0.39 is 0 Å². The molecule has 0 aromatic rings. The van der Waals surface area contributed by atoms with Crippen molar-refractivity contribution in [1.29, 1.82) is 0 Å². The molecule has 1 heteroatoms. The van der Waals surface area contributed by atoms with Crippen molar-refractivity contribution in [1.82, 2.24) is 0 Å². The van der Waals surface area contributed by atoms with Crippen LogP contribution in [0.2, 0.25) is 0 Å². The fraction of sp³-hybridized carbons (Fsp3) is 1.00. The standard InChI is InChI=1S/C10H15I/c1-9-3-7-2-8(4-9)6-10(9,11)5-7/h7-8H,2-6H2,1H3. The van der Waals surface area contributed by atoms with Gasteiger partial charge < -0.3 is 0 Å². The van der Waals surface area contributed by atoms with Crippen LogP contribution in [0.3, 0.4) is 0 Å². The van der Waals surface area contributed by atoms with Gasteiger partial charge in [-0.3, -0.25) is 0 Å². The van der Waals surface area contributed by atoms with E-state index in [1.807, 2.05) is 0 Å². The minimum atomic E-state index is 0.734. The third-order valence-corrected chi connectivity index (χ3v) is 6.63. The lowest BCUT2D eigenvalue weighted by atomic mass is 9.77. The zero-order chi connectivity index (χ0) is 7.69. The topological polar surface area (TPSA) is 0 Å². The van der Waals surface area contributed by atoms with Crippen LogP contribution in [0, 0.1) is 17.3 Å². The van der Waals surface area contributed by atoms with E-state index in [2.05, 4.69) is 29.5 Å². The quantitative estimate of drug-likeness (QED) is 0.463. The maximum Gasteiger partial charge on any atom is 0.0281 e. The van der Waals surface area contributed by atoms with Gasteiger partial charge in [-0.1, -0.05) is 29.5 Å². The Labute approximate surface area is 82.3 Å². The Bertz CT molecular complexity index is 175. The number of alkyl halides is 1. The van der Waals surface area contributed by atoms with Crippen LogP contribution in [0.25, 0.3) is 0 Å². The smallest absolute Gasteiger partial charge is 0.0281 e. The van der Waals surface area contributed by atoms with Crippen LogP contribution in [0.5, 0.6) is 0 Å². The molecule has 0 radical (unpaired) electrons. The van der Waals surface area contributed by atoms with E-state index in [1.165, 1.54) is 0 Å². The fourth-order valence-electron chi connectivity index (χ4n) is 4.16. The molecule has 4 aliphatic rings. The van der Waals surface area contributed by atoms with Crippen molar-refractivity contribution in [2.75, 3.05) is 0 Å². The summed E-state index contributed by atoms with van der Waals surface area (Å²) in [6.45, 7) is 2.54. The predicted octanol–water partition coefficient (Wildman–Crippen LogP) is 3.39. The van der Waals surface area contributed by atoms with Crippen molar-refractivity contribution < 1.29 is 0 Å². The molecule has 62 valence electrons. The zero-order valence-corrected chi connectivity index (χ0v) is 9.23. The highest BCUT2D eigenvalue weighted by Gasteiger charge is 2.63. The summed E-state index contributed by atoms with van der Waals surface area (Å²) in [5.41, 5.74) is 0.751. The third kappa shape index (κ3) is 0.719. The van der Waals surface area contributed by atoms with Crippen LogP contribution in [0.1, 0.15) is 39.0 Å². The molecule has 0 heterocycles. The second-order valence-corrected chi connectivity index (χ2v) is 7.38. The number of hydrogen-bond donors (Lipinski definition) is 0. The third-order valence-electron chi connectivity index (χ3n) is 4.45. The summed E-state index contributed by atoms with van der Waals surface area (Å²) in [4.78, 5) is 0. The molecule has 4 rings (SSSR count). The summed E-state index contributed by atoms with van der Waals surface area (Å²) in [6, 6.07) is 0. The summed E-state index contributed by atoms with van der Waals surface area (Å²) >= 11 is 2.78. The van der Waals surface area contributed by atoms with Gasteiger partial charge in [-0.25, -0.2) is 0 Å². The molecule has 0 aliphatic heterocycles. The summed E-state index contributed by atoms with van der Waals surface area (Å²) < 4.78 is 0.734. The van der Waals surface area contributed by atoms with E-state index in [0.29, 0.717) is 0 Å². The highest BCUT2D eigenvalue weighted by atomic mass is 127. The Morgan fingerprint density at radius 2 is 1.64 bits per heavy atom. The molecule has 0 aromatic carbocycles. The molecule has 0 saturated heterocycles. The second kappa shape index (κ2) is 1.80. The largest absolute Gasteiger partial charge is 0.0783 e. The van der Waals surface area contributed by atoms with Crippen molar-refractivity contribution in [3.8, 4) is 0 Å². The molecule has 2 unspecified atom stereocenters. The van der Waals surface area contributed by atoms with Crippen LogP contribution in [-0.4, -0.2) is 3.42 Å². The first-order chi connectivity index (χ1) is 5.11. The number of rotatable bonds is 0. The van der Waals surface area contributed by atoms with Gasteiger partial charge in [-0.2, -0.15) is 0 Å². The Balaban J connectivity index is 2.10. The first kappa shape index (κ1) is 7.16. The van der Waals surface area contributed by atoms with Gasteiger partial charge in [0.05, 0.1) is 0 Å². The minimum absolute atomic E-state index is 0.734. The van der Waals surface area contributed by atoms with E-state index in [1.54, 1.807) is 32.1 Å². The highest BCUT2D eigenvalue weighted by Crippen LogP contribution is 2.70. The second-order valence-electron chi connectivity index (χ2n) is 5.31. The normalized spacial score (nSPS) is 66.0. The summed E-state index contributed by atoms with van der Waals surface area (Å²) in [5.74, 6) is 2.23. The number of hydrogen-bond acceptors (Lipinski definition) is 0. The van der Waals surface area contributed by atoms with Gasteiger partial charge in [-0.05, 0) is 49.4 Å². The minimum Gasteiger partial charge on any atom is -0.0783 e. The van der Waals surface area contributed by atoms with Gasteiger partial charge >= 0.3 is 0 Å². The summed E-state index contributed by atoms with van der Waals surface area (Å²) in [6.07, 6.45) is 7.75. The van der Waals surface area contributed by atoms with E-state index in [0.717, 1.165) is 20.7 Å². The van der Waals surface area contributed by atoms with E-state index >= 15 is 0 Å². The molecular formula is C10H15I. The molecule has 11 heavy (non-hydrogen) atoms. The molecule has 0 N–H and O–H groups in total. The monoisotopic (exact) mass is 262 g/mol. The Hall–Kier alpha value is 0.730. The Morgan fingerprint density at radius 1 is 1.09 bits per heavy atom. The maximum absolute atomic E-state index is 2.78. The van der Waals surface area contributed by atoms with Crippen LogP contribution in [0.4, 0.5) is 0 Å². The molecule has 4 saturated carbocycles. The lowest BCUT2D eigenvalue weighted by Crippen LogP contribution is -2.29. The molecule has 4 fully saturated rings. The van der Waals surface area contributed by atoms with Gasteiger partial charge in [0.15, 0.2) is 0 Å². The van der Waals surface area contributed by atoms with Crippen molar-refractivity contribution >= 4 is 22.6 Å². The average Bonchev–Trinajstić information content (AvgIpc) is 2.07. The lowest BCUT2D eigenvalue weighted by Gasteiger charge is -2.32. The summed E-state index contributed by atoms with van der Waals surface area (Å²) in [5, 5.41) is 0. The first-order valence-corrected chi connectivity index (χ1v) is 5.88. The molecule has 4 bridgehead atoms. The molecule has 0 aromatic heterocycles. The van der Waals surface area contributed by atoms with Gasteiger partial charge in [0.2, 0.25) is 0 Å². The van der Waals surface area contributed by atoms with Gasteiger partial charge in [0, 0.05) is 3.42 Å². The molecular weight excluding hydrogens is 247 g/mol. The lowest BCUT2D eigenvalue weighted by molar-refractivity contribution is 0.228. The van der Waals surface area contributed by atoms with Crippen LogP contribution >= 0.6 is 22.6 Å². The molecule has 4 aliphatic carbocycles. The van der Waals surface area contributed by atoms with Gasteiger partial charge in [-0.15, -0.1) is 0 Å². The molecule has 0 spiro atoms. The van der Waals surface area contributed by atoms with Crippen molar-refractivity contribution in [2.24, 2.45) is 17.3 Å². The maximum atomic E-state index is 2.78. The molecule has 2 atom stereocenters. The number of halogens is 1. The van der Waals surface area contributed by atoms with Crippen LogP contribution in [0.15, 0.2) is 0 Å². The van der Waals surface area contributed by atoms with Crippen LogP contribution in [-0.2, 0) is 0 Å². The molecule has 0 nitrogen and oxygen atoms in total. The van der Waals surface area contributed by atoms with Crippen molar-refractivity contribution in [3.05, 3.63) is 0 Å². The summed E-state index contributed by atoms with van der Waals surface area (Å²) in [7, 11) is 0. The Morgan fingerprint density at radius 3 is 2.00 bits per heavy atom. The van der Waals surface area contributed by atoms with Gasteiger partial charge in [0.1, 0.15) is 0 Å².